The summed E-state index contributed by atoms with van der Waals surface area (Å²) in [4.78, 5) is 34.2. The maximum atomic E-state index is 13.4. The Kier molecular flexibility index (Phi) is 4.75. The lowest BCUT2D eigenvalue weighted by Crippen LogP contribution is -2.39. The zero-order valence-corrected chi connectivity index (χ0v) is 14.9. The molecule has 1 aliphatic rings. The first-order valence-electron chi connectivity index (χ1n) is 9.22. The lowest BCUT2D eigenvalue weighted by Gasteiger charge is -2.34. The van der Waals surface area contributed by atoms with Crippen molar-refractivity contribution < 1.29 is 9.18 Å². The molecule has 1 fully saturated rings. The lowest BCUT2D eigenvalue weighted by molar-refractivity contribution is -0.135. The van der Waals surface area contributed by atoms with Crippen LogP contribution in [0, 0.1) is 5.82 Å². The molecule has 1 saturated heterocycles. The van der Waals surface area contributed by atoms with Gasteiger partial charge in [0, 0.05) is 31.8 Å². The molecule has 0 aliphatic carbocycles. The number of hydrogen-bond acceptors (Lipinski definition) is 3. The van der Waals surface area contributed by atoms with E-state index in [1.54, 1.807) is 29.0 Å². The van der Waals surface area contributed by atoms with Gasteiger partial charge >= 0.3 is 0 Å². The smallest absolute Gasteiger partial charge is 0.250 e. The second kappa shape index (κ2) is 7.34. The van der Waals surface area contributed by atoms with Crippen LogP contribution in [0.15, 0.2) is 47.4 Å². The summed E-state index contributed by atoms with van der Waals surface area (Å²) in [7, 11) is 0. The summed E-state index contributed by atoms with van der Waals surface area (Å²) in [6.45, 7) is 1.02. The van der Waals surface area contributed by atoms with Crippen molar-refractivity contribution >= 4 is 16.9 Å². The molecule has 4 rings (SSSR count). The molecular formula is C20H21FN4O2. The highest BCUT2D eigenvalue weighted by Crippen LogP contribution is 2.31. The number of hydrogen-bond donors (Lipinski definition) is 1. The zero-order valence-electron chi connectivity index (χ0n) is 14.9. The van der Waals surface area contributed by atoms with Crippen molar-refractivity contribution in [1.29, 1.82) is 0 Å². The standard InChI is InChI=1S/C20H21FN4O2/c21-14-7-8-15-16(13-14)23-20(22-15)17-5-1-4-11-25(17)19(27)9-12-24-10-3-2-6-18(24)26/h2-3,6-8,10,13,17H,1,4-5,9,11-12H2,(H,22,23)/t17-/m1/s1. The Bertz CT molecular complexity index is 1030. The third-order valence-electron chi connectivity index (χ3n) is 5.07. The van der Waals surface area contributed by atoms with E-state index in [1.165, 1.54) is 18.2 Å². The fourth-order valence-electron chi connectivity index (χ4n) is 3.68. The molecule has 140 valence electrons. The lowest BCUT2D eigenvalue weighted by atomic mass is 10.0. The fourth-order valence-corrected chi connectivity index (χ4v) is 3.68. The highest BCUT2D eigenvalue weighted by Gasteiger charge is 2.30. The number of aryl methyl sites for hydroxylation is 1. The fraction of sp³-hybridized carbons (Fsp3) is 0.350. The minimum atomic E-state index is -0.317. The number of imidazole rings is 1. The number of piperidine rings is 1. The third kappa shape index (κ3) is 3.63. The number of aromatic amines is 1. The molecule has 1 aliphatic heterocycles. The van der Waals surface area contributed by atoms with Gasteiger partial charge in [-0.15, -0.1) is 0 Å². The molecular weight excluding hydrogens is 347 g/mol. The topological polar surface area (TPSA) is 71.0 Å². The van der Waals surface area contributed by atoms with Crippen molar-refractivity contribution in [2.45, 2.75) is 38.3 Å². The summed E-state index contributed by atoms with van der Waals surface area (Å²) >= 11 is 0. The highest BCUT2D eigenvalue weighted by atomic mass is 19.1. The Hall–Kier alpha value is -2.96. The van der Waals surface area contributed by atoms with Gasteiger partial charge in [0.1, 0.15) is 11.6 Å². The van der Waals surface area contributed by atoms with Crippen molar-refractivity contribution in [1.82, 2.24) is 19.4 Å². The van der Waals surface area contributed by atoms with Crippen molar-refractivity contribution in [3.05, 3.63) is 64.6 Å². The molecule has 0 spiro atoms. The zero-order chi connectivity index (χ0) is 18.8. The molecule has 1 N–H and O–H groups in total. The average molecular weight is 368 g/mol. The van der Waals surface area contributed by atoms with Crippen LogP contribution in [0.2, 0.25) is 0 Å². The van der Waals surface area contributed by atoms with Gasteiger partial charge < -0.3 is 14.5 Å². The van der Waals surface area contributed by atoms with Gasteiger partial charge in [-0.1, -0.05) is 6.07 Å². The van der Waals surface area contributed by atoms with Crippen molar-refractivity contribution in [2.24, 2.45) is 0 Å². The quantitative estimate of drug-likeness (QED) is 0.770. The first-order valence-corrected chi connectivity index (χ1v) is 9.22. The number of amides is 1. The maximum Gasteiger partial charge on any atom is 0.250 e. The Morgan fingerprint density at radius 2 is 2.15 bits per heavy atom. The second-order valence-electron chi connectivity index (χ2n) is 6.86. The van der Waals surface area contributed by atoms with Crippen LogP contribution in [-0.4, -0.2) is 31.9 Å². The number of benzene rings is 1. The van der Waals surface area contributed by atoms with E-state index < -0.39 is 0 Å². The Balaban J connectivity index is 1.53. The van der Waals surface area contributed by atoms with E-state index in [9.17, 15) is 14.0 Å². The van der Waals surface area contributed by atoms with Crippen LogP contribution in [0.1, 0.15) is 37.5 Å². The van der Waals surface area contributed by atoms with Gasteiger partial charge in [0.2, 0.25) is 5.91 Å². The molecule has 2 aromatic heterocycles. The van der Waals surface area contributed by atoms with Crippen LogP contribution in [0.25, 0.3) is 11.0 Å². The number of H-pyrrole nitrogens is 1. The molecule has 0 radical (unpaired) electrons. The molecule has 3 heterocycles. The molecule has 1 atom stereocenters. The van der Waals surface area contributed by atoms with E-state index >= 15 is 0 Å². The van der Waals surface area contributed by atoms with E-state index in [0.29, 0.717) is 29.9 Å². The van der Waals surface area contributed by atoms with Gasteiger partial charge in [0.15, 0.2) is 0 Å². The predicted molar refractivity (Wildman–Crippen MR) is 99.7 cm³/mol. The summed E-state index contributed by atoms with van der Waals surface area (Å²) in [6.07, 6.45) is 4.73. The number of halogens is 1. The molecule has 27 heavy (non-hydrogen) atoms. The van der Waals surface area contributed by atoms with Crippen LogP contribution in [0.4, 0.5) is 4.39 Å². The number of likely N-dealkylation sites (tertiary alicyclic amines) is 1. The average Bonchev–Trinajstić information content (AvgIpc) is 3.10. The first kappa shape index (κ1) is 17.5. The Morgan fingerprint density at radius 3 is 3.00 bits per heavy atom. The van der Waals surface area contributed by atoms with Gasteiger partial charge in [-0.3, -0.25) is 9.59 Å². The van der Waals surface area contributed by atoms with E-state index in [4.69, 9.17) is 0 Å². The highest BCUT2D eigenvalue weighted by molar-refractivity contribution is 5.78. The number of aromatic nitrogens is 3. The Morgan fingerprint density at radius 1 is 1.26 bits per heavy atom. The number of nitrogens with zero attached hydrogens (tertiary/aromatic N) is 3. The SMILES string of the molecule is O=C(CCn1ccccc1=O)N1CCCC[C@@H]1c1nc2ccc(F)cc2[nH]1. The Labute approximate surface area is 155 Å². The van der Waals surface area contributed by atoms with Crippen LogP contribution < -0.4 is 5.56 Å². The number of nitrogens with one attached hydrogen (secondary N) is 1. The normalized spacial score (nSPS) is 17.4. The summed E-state index contributed by atoms with van der Waals surface area (Å²) in [5.41, 5.74) is 1.22. The monoisotopic (exact) mass is 368 g/mol. The first-order chi connectivity index (χ1) is 13.1. The van der Waals surface area contributed by atoms with Crippen LogP contribution in [-0.2, 0) is 11.3 Å². The number of rotatable bonds is 4. The minimum absolute atomic E-state index is 0.00193. The molecule has 1 amide bonds. The number of pyridine rings is 1. The van der Waals surface area contributed by atoms with Crippen LogP contribution >= 0.6 is 0 Å². The molecule has 3 aromatic rings. The van der Waals surface area contributed by atoms with E-state index in [2.05, 4.69) is 9.97 Å². The van der Waals surface area contributed by atoms with Crippen LogP contribution in [0.5, 0.6) is 0 Å². The molecule has 7 heteroatoms. The molecule has 0 unspecified atom stereocenters. The van der Waals surface area contributed by atoms with E-state index in [-0.39, 0.29) is 29.7 Å². The summed E-state index contributed by atoms with van der Waals surface area (Å²) in [5, 5.41) is 0. The number of carbonyl (C=O) groups is 1. The van der Waals surface area contributed by atoms with Crippen molar-refractivity contribution in [2.75, 3.05) is 6.54 Å². The summed E-state index contributed by atoms with van der Waals surface area (Å²) in [5.74, 6) is 0.380. The third-order valence-corrected chi connectivity index (χ3v) is 5.07. The van der Waals surface area contributed by atoms with E-state index in [1.807, 2.05) is 4.90 Å². The second-order valence-corrected chi connectivity index (χ2v) is 6.86. The van der Waals surface area contributed by atoms with Gasteiger partial charge in [0.05, 0.1) is 17.1 Å². The van der Waals surface area contributed by atoms with Gasteiger partial charge in [-0.2, -0.15) is 0 Å². The minimum Gasteiger partial charge on any atom is -0.340 e. The predicted octanol–water partition coefficient (Wildman–Crippen LogP) is 3.01. The molecule has 6 nitrogen and oxygen atoms in total. The van der Waals surface area contributed by atoms with E-state index in [0.717, 1.165) is 19.3 Å². The maximum absolute atomic E-state index is 13.4. The van der Waals surface area contributed by atoms with Crippen LogP contribution in [0.3, 0.4) is 0 Å². The summed E-state index contributed by atoms with van der Waals surface area (Å²) in [6, 6.07) is 9.25. The molecule has 1 aromatic carbocycles. The van der Waals surface area contributed by atoms with Gasteiger partial charge in [0.25, 0.3) is 5.56 Å². The van der Waals surface area contributed by atoms with Gasteiger partial charge in [-0.25, -0.2) is 9.37 Å². The molecule has 0 saturated carbocycles. The van der Waals surface area contributed by atoms with Gasteiger partial charge in [-0.05, 0) is 43.5 Å². The largest absolute Gasteiger partial charge is 0.340 e. The van der Waals surface area contributed by atoms with Crippen molar-refractivity contribution in [3.63, 3.8) is 0 Å². The van der Waals surface area contributed by atoms with Crippen molar-refractivity contribution in [3.8, 4) is 0 Å². The number of carbonyl (C=O) groups excluding carboxylic acids is 1. The summed E-state index contributed by atoms with van der Waals surface area (Å²) < 4.78 is 15.0. The number of fused-ring (bicyclic) bond motifs is 1. The molecule has 0 bridgehead atoms.